The number of carbonyl (C=O) groups is 1. The van der Waals surface area contributed by atoms with E-state index in [1.807, 2.05) is 29.2 Å². The molecule has 0 bridgehead atoms. The molecule has 1 heterocycles. The summed E-state index contributed by atoms with van der Waals surface area (Å²) in [6, 6.07) is 7.42. The molecule has 2 atom stereocenters. The number of nitrogens with zero attached hydrogens (tertiary/aromatic N) is 1. The van der Waals surface area contributed by atoms with Crippen LogP contribution in [-0.4, -0.2) is 41.8 Å². The molecule has 1 aromatic rings. The van der Waals surface area contributed by atoms with Gasteiger partial charge in [-0.05, 0) is 37.3 Å². The number of likely N-dealkylation sites (tertiary alicyclic amines) is 1. The van der Waals surface area contributed by atoms with E-state index in [1.165, 1.54) is 19.3 Å². The number of aliphatic hydroxyl groups is 1. The molecule has 1 aliphatic heterocycles. The number of ether oxygens (including phenoxy) is 1. The van der Waals surface area contributed by atoms with Crippen LogP contribution < -0.4 is 10.1 Å². The fourth-order valence-electron chi connectivity index (χ4n) is 3.98. The molecular weight excluding hydrogens is 292 g/mol. The molecule has 5 heteroatoms. The van der Waals surface area contributed by atoms with Gasteiger partial charge in [0, 0.05) is 12.6 Å². The lowest BCUT2D eigenvalue weighted by atomic mass is 9.83. The topological polar surface area (TPSA) is 61.8 Å². The molecule has 2 N–H and O–H groups in total. The third-order valence-electron chi connectivity index (χ3n) is 5.12. The van der Waals surface area contributed by atoms with E-state index in [2.05, 4.69) is 5.32 Å². The Kier molecular flexibility index (Phi) is 5.06. The Hall–Kier alpha value is -1.75. The molecular formula is C18H26N2O3. The molecule has 0 aromatic heterocycles. The Labute approximate surface area is 137 Å². The molecule has 126 valence electrons. The van der Waals surface area contributed by atoms with Gasteiger partial charge in [0.25, 0.3) is 0 Å². The van der Waals surface area contributed by atoms with Crippen LogP contribution in [0.4, 0.5) is 10.5 Å². The van der Waals surface area contributed by atoms with Gasteiger partial charge in [-0.3, -0.25) is 0 Å². The average molecular weight is 318 g/mol. The molecule has 2 aliphatic rings. The number of hydrogen-bond donors (Lipinski definition) is 2. The summed E-state index contributed by atoms with van der Waals surface area (Å²) in [7, 11) is 1.59. The Balaban J connectivity index is 1.71. The van der Waals surface area contributed by atoms with Gasteiger partial charge in [-0.15, -0.1) is 0 Å². The van der Waals surface area contributed by atoms with Gasteiger partial charge in [0.05, 0.1) is 18.9 Å². The van der Waals surface area contributed by atoms with Crippen molar-refractivity contribution in [2.45, 2.75) is 50.7 Å². The number of para-hydroxylation sites is 2. The number of carbonyl (C=O) groups excluding carboxylic acids is 1. The zero-order valence-electron chi connectivity index (χ0n) is 13.7. The van der Waals surface area contributed by atoms with Crippen LogP contribution in [0.2, 0.25) is 0 Å². The largest absolute Gasteiger partial charge is 0.495 e. The van der Waals surface area contributed by atoms with Crippen molar-refractivity contribution in [1.82, 2.24) is 4.90 Å². The van der Waals surface area contributed by atoms with Crippen molar-refractivity contribution in [2.75, 3.05) is 19.0 Å². The van der Waals surface area contributed by atoms with Crippen LogP contribution in [0.3, 0.4) is 0 Å². The SMILES string of the molecule is COc1ccccc1NC(=O)N1C[C@H](O)C[C@H]1C1CCCCC1. The number of anilines is 1. The molecule has 1 aromatic carbocycles. The molecule has 0 unspecified atom stereocenters. The van der Waals surface area contributed by atoms with Crippen LogP contribution in [-0.2, 0) is 0 Å². The Bertz CT molecular complexity index is 543. The maximum absolute atomic E-state index is 12.7. The number of urea groups is 1. The zero-order chi connectivity index (χ0) is 16.2. The number of rotatable bonds is 3. The zero-order valence-corrected chi connectivity index (χ0v) is 13.7. The van der Waals surface area contributed by atoms with Crippen LogP contribution in [0.1, 0.15) is 38.5 Å². The Morgan fingerprint density at radius 1 is 1.26 bits per heavy atom. The van der Waals surface area contributed by atoms with E-state index in [9.17, 15) is 9.90 Å². The molecule has 2 fully saturated rings. The van der Waals surface area contributed by atoms with Crippen LogP contribution >= 0.6 is 0 Å². The number of hydrogen-bond acceptors (Lipinski definition) is 3. The molecule has 23 heavy (non-hydrogen) atoms. The molecule has 3 rings (SSSR count). The van der Waals surface area contributed by atoms with E-state index in [0.717, 1.165) is 12.8 Å². The lowest BCUT2D eigenvalue weighted by Crippen LogP contribution is -2.43. The first kappa shape index (κ1) is 16.1. The van der Waals surface area contributed by atoms with Crippen molar-refractivity contribution in [3.05, 3.63) is 24.3 Å². The van der Waals surface area contributed by atoms with Crippen LogP contribution in [0, 0.1) is 5.92 Å². The van der Waals surface area contributed by atoms with Crippen molar-refractivity contribution in [3.8, 4) is 5.75 Å². The van der Waals surface area contributed by atoms with Gasteiger partial charge in [-0.1, -0.05) is 31.4 Å². The lowest BCUT2D eigenvalue weighted by Gasteiger charge is -2.33. The fourth-order valence-corrected chi connectivity index (χ4v) is 3.98. The summed E-state index contributed by atoms with van der Waals surface area (Å²) in [5, 5.41) is 13.0. The molecule has 0 radical (unpaired) electrons. The summed E-state index contributed by atoms with van der Waals surface area (Å²) >= 11 is 0. The second-order valence-corrected chi connectivity index (χ2v) is 6.64. The van der Waals surface area contributed by atoms with Gasteiger partial charge in [0.2, 0.25) is 0 Å². The van der Waals surface area contributed by atoms with Crippen molar-refractivity contribution < 1.29 is 14.6 Å². The minimum Gasteiger partial charge on any atom is -0.495 e. The van der Waals surface area contributed by atoms with Crippen LogP contribution in [0.5, 0.6) is 5.75 Å². The summed E-state index contributed by atoms with van der Waals surface area (Å²) in [6.07, 6.45) is 6.37. The number of β-amino-alcohol motifs (C(OH)–C–C–N with tert-alkyl or cyclic N) is 1. The Morgan fingerprint density at radius 3 is 2.74 bits per heavy atom. The van der Waals surface area contributed by atoms with E-state index in [0.29, 0.717) is 30.3 Å². The van der Waals surface area contributed by atoms with E-state index < -0.39 is 6.10 Å². The van der Waals surface area contributed by atoms with Crippen LogP contribution in [0.15, 0.2) is 24.3 Å². The first-order valence-electron chi connectivity index (χ1n) is 8.57. The van der Waals surface area contributed by atoms with E-state index in [1.54, 1.807) is 7.11 Å². The number of methoxy groups -OCH3 is 1. The highest BCUT2D eigenvalue weighted by Crippen LogP contribution is 2.35. The summed E-state index contributed by atoms with van der Waals surface area (Å²) in [5.41, 5.74) is 0.670. The third kappa shape index (κ3) is 3.61. The first-order chi connectivity index (χ1) is 11.2. The van der Waals surface area contributed by atoms with Gasteiger partial charge in [0.15, 0.2) is 0 Å². The lowest BCUT2D eigenvalue weighted by molar-refractivity contribution is 0.164. The summed E-state index contributed by atoms with van der Waals surface area (Å²) < 4.78 is 5.29. The van der Waals surface area contributed by atoms with E-state index >= 15 is 0 Å². The van der Waals surface area contributed by atoms with Crippen molar-refractivity contribution >= 4 is 11.7 Å². The normalized spacial score (nSPS) is 25.4. The second-order valence-electron chi connectivity index (χ2n) is 6.64. The maximum atomic E-state index is 12.7. The molecule has 1 aliphatic carbocycles. The van der Waals surface area contributed by atoms with Gasteiger partial charge < -0.3 is 20.1 Å². The minimum atomic E-state index is -0.412. The molecule has 5 nitrogen and oxygen atoms in total. The third-order valence-corrected chi connectivity index (χ3v) is 5.12. The van der Waals surface area contributed by atoms with E-state index in [4.69, 9.17) is 4.74 Å². The minimum absolute atomic E-state index is 0.137. The smallest absolute Gasteiger partial charge is 0.322 e. The summed E-state index contributed by atoms with van der Waals surface area (Å²) in [6.45, 7) is 0.419. The average Bonchev–Trinajstić information content (AvgIpc) is 2.98. The number of amides is 2. The van der Waals surface area contributed by atoms with Crippen LogP contribution in [0.25, 0.3) is 0 Å². The maximum Gasteiger partial charge on any atom is 0.322 e. The highest BCUT2D eigenvalue weighted by atomic mass is 16.5. The standard InChI is InChI=1S/C18H26N2O3/c1-23-17-10-6-5-9-15(17)19-18(22)20-12-14(21)11-16(20)13-7-3-2-4-8-13/h5-6,9-10,13-14,16,21H,2-4,7-8,11-12H2,1H3,(H,19,22)/t14-,16+/m1/s1. The van der Waals surface area contributed by atoms with Crippen molar-refractivity contribution in [1.29, 1.82) is 0 Å². The van der Waals surface area contributed by atoms with Gasteiger partial charge in [-0.2, -0.15) is 0 Å². The summed E-state index contributed by atoms with van der Waals surface area (Å²) in [4.78, 5) is 14.6. The van der Waals surface area contributed by atoms with Gasteiger partial charge in [-0.25, -0.2) is 4.79 Å². The van der Waals surface area contributed by atoms with E-state index in [-0.39, 0.29) is 12.1 Å². The van der Waals surface area contributed by atoms with Crippen molar-refractivity contribution in [2.24, 2.45) is 5.92 Å². The predicted molar refractivity (Wildman–Crippen MR) is 89.7 cm³/mol. The fraction of sp³-hybridized carbons (Fsp3) is 0.611. The molecule has 1 saturated carbocycles. The molecule has 0 spiro atoms. The van der Waals surface area contributed by atoms with Gasteiger partial charge in [0.1, 0.15) is 5.75 Å². The number of aliphatic hydroxyl groups excluding tert-OH is 1. The number of nitrogens with one attached hydrogen (secondary N) is 1. The Morgan fingerprint density at radius 2 is 2.00 bits per heavy atom. The monoisotopic (exact) mass is 318 g/mol. The number of benzene rings is 1. The molecule has 1 saturated heterocycles. The first-order valence-corrected chi connectivity index (χ1v) is 8.57. The molecule has 2 amide bonds. The predicted octanol–water partition coefficient (Wildman–Crippen LogP) is 3.24. The second kappa shape index (κ2) is 7.21. The van der Waals surface area contributed by atoms with Crippen molar-refractivity contribution in [3.63, 3.8) is 0 Å². The highest BCUT2D eigenvalue weighted by Gasteiger charge is 2.39. The quantitative estimate of drug-likeness (QED) is 0.899. The summed E-state index contributed by atoms with van der Waals surface area (Å²) in [5.74, 6) is 1.17. The highest BCUT2D eigenvalue weighted by molar-refractivity contribution is 5.91. The van der Waals surface area contributed by atoms with Gasteiger partial charge >= 0.3 is 6.03 Å².